The van der Waals surface area contributed by atoms with E-state index in [0.717, 1.165) is 5.56 Å². The molecule has 1 aliphatic rings. The molecule has 8 heteroatoms. The van der Waals surface area contributed by atoms with Gasteiger partial charge in [-0.2, -0.15) is 0 Å². The number of carbonyl (C=O) groups is 2. The van der Waals surface area contributed by atoms with Crippen molar-refractivity contribution in [3.05, 3.63) is 81.0 Å². The standard InChI is InChI=1S/C21H16ClNO5S/c22-15-6-4-14(5-7-15)19(28-21(25)18-2-1-9-29-18)20(24)23-11-13-3-8-16-17(10-13)27-12-26-16/h1-10,19H,11-12H2,(H,23,24). The van der Waals surface area contributed by atoms with Crippen molar-refractivity contribution >= 4 is 34.8 Å². The number of thiophene rings is 1. The highest BCUT2D eigenvalue weighted by Crippen LogP contribution is 2.32. The zero-order valence-corrected chi connectivity index (χ0v) is 16.7. The summed E-state index contributed by atoms with van der Waals surface area (Å²) >= 11 is 7.19. The molecule has 148 valence electrons. The number of fused-ring (bicyclic) bond motifs is 1. The van der Waals surface area contributed by atoms with Crippen LogP contribution in [0.5, 0.6) is 11.5 Å². The van der Waals surface area contributed by atoms with Gasteiger partial charge in [-0.1, -0.05) is 35.9 Å². The van der Waals surface area contributed by atoms with Crippen molar-refractivity contribution in [2.75, 3.05) is 6.79 Å². The molecule has 1 N–H and O–H groups in total. The lowest BCUT2D eigenvalue weighted by Crippen LogP contribution is -2.31. The van der Waals surface area contributed by atoms with Crippen LogP contribution in [0.4, 0.5) is 0 Å². The van der Waals surface area contributed by atoms with Gasteiger partial charge in [-0.15, -0.1) is 11.3 Å². The van der Waals surface area contributed by atoms with E-state index >= 15 is 0 Å². The fourth-order valence-electron chi connectivity index (χ4n) is 2.80. The van der Waals surface area contributed by atoms with E-state index in [1.807, 2.05) is 6.07 Å². The van der Waals surface area contributed by atoms with E-state index in [4.69, 9.17) is 25.8 Å². The Balaban J connectivity index is 1.49. The Morgan fingerprint density at radius 3 is 2.66 bits per heavy atom. The summed E-state index contributed by atoms with van der Waals surface area (Å²) in [6, 6.07) is 15.4. The third-order valence-electron chi connectivity index (χ3n) is 4.26. The first-order valence-electron chi connectivity index (χ1n) is 8.76. The Morgan fingerprint density at radius 1 is 1.10 bits per heavy atom. The van der Waals surface area contributed by atoms with Crippen molar-refractivity contribution in [1.29, 1.82) is 0 Å². The van der Waals surface area contributed by atoms with Gasteiger partial charge >= 0.3 is 5.97 Å². The molecule has 1 aromatic heterocycles. The third kappa shape index (κ3) is 4.52. The van der Waals surface area contributed by atoms with Crippen LogP contribution in [0.2, 0.25) is 5.02 Å². The van der Waals surface area contributed by atoms with Gasteiger partial charge in [0.2, 0.25) is 12.9 Å². The topological polar surface area (TPSA) is 73.9 Å². The molecule has 0 fully saturated rings. The maximum atomic E-state index is 12.9. The third-order valence-corrected chi connectivity index (χ3v) is 5.36. The number of carbonyl (C=O) groups excluding carboxylic acids is 2. The second-order valence-corrected chi connectivity index (χ2v) is 7.60. The number of nitrogens with one attached hydrogen (secondary N) is 1. The Kier molecular flexibility index (Phi) is 5.69. The first-order chi connectivity index (χ1) is 14.1. The van der Waals surface area contributed by atoms with E-state index in [1.54, 1.807) is 53.9 Å². The summed E-state index contributed by atoms with van der Waals surface area (Å²) < 4.78 is 16.2. The smallest absolute Gasteiger partial charge is 0.349 e. The number of rotatable bonds is 6. The zero-order chi connectivity index (χ0) is 20.2. The largest absolute Gasteiger partial charge is 0.454 e. The molecular formula is C21H16ClNO5S. The lowest BCUT2D eigenvalue weighted by Gasteiger charge is -2.18. The Hall–Kier alpha value is -3.03. The van der Waals surface area contributed by atoms with Gasteiger partial charge in [0, 0.05) is 17.1 Å². The van der Waals surface area contributed by atoms with Gasteiger partial charge in [-0.3, -0.25) is 4.79 Å². The molecule has 2 aromatic carbocycles. The molecule has 3 aromatic rings. The predicted octanol–water partition coefficient (Wildman–Crippen LogP) is 4.34. The van der Waals surface area contributed by atoms with Crippen LogP contribution in [0.15, 0.2) is 60.0 Å². The van der Waals surface area contributed by atoms with Gasteiger partial charge in [0.1, 0.15) is 4.88 Å². The van der Waals surface area contributed by atoms with Gasteiger partial charge in [0.25, 0.3) is 5.91 Å². The molecule has 0 radical (unpaired) electrons. The van der Waals surface area contributed by atoms with Crippen LogP contribution >= 0.6 is 22.9 Å². The van der Waals surface area contributed by atoms with Crippen LogP contribution in [-0.4, -0.2) is 18.7 Å². The summed E-state index contributed by atoms with van der Waals surface area (Å²) in [5.41, 5.74) is 1.37. The number of halogens is 1. The van der Waals surface area contributed by atoms with E-state index in [2.05, 4.69) is 5.32 Å². The minimum absolute atomic E-state index is 0.183. The van der Waals surface area contributed by atoms with Crippen molar-refractivity contribution in [2.24, 2.45) is 0 Å². The first-order valence-corrected chi connectivity index (χ1v) is 10.0. The molecule has 29 heavy (non-hydrogen) atoms. The highest BCUT2D eigenvalue weighted by molar-refractivity contribution is 7.11. The second kappa shape index (κ2) is 8.55. The Morgan fingerprint density at radius 2 is 1.90 bits per heavy atom. The Labute approximate surface area is 176 Å². The van der Waals surface area contributed by atoms with Crippen molar-refractivity contribution in [3.8, 4) is 11.5 Å². The maximum Gasteiger partial charge on any atom is 0.349 e. The van der Waals surface area contributed by atoms with Gasteiger partial charge in [-0.05, 0) is 41.3 Å². The summed E-state index contributed by atoms with van der Waals surface area (Å²) in [5, 5.41) is 5.11. The molecule has 0 saturated heterocycles. The van der Waals surface area contributed by atoms with E-state index in [-0.39, 0.29) is 13.3 Å². The van der Waals surface area contributed by atoms with Crippen molar-refractivity contribution < 1.29 is 23.8 Å². The lowest BCUT2D eigenvalue weighted by atomic mass is 10.1. The molecule has 1 unspecified atom stereocenters. The summed E-state index contributed by atoms with van der Waals surface area (Å²) in [7, 11) is 0. The predicted molar refractivity (Wildman–Crippen MR) is 108 cm³/mol. The molecule has 0 bridgehead atoms. The lowest BCUT2D eigenvalue weighted by molar-refractivity contribution is -0.130. The average Bonchev–Trinajstić information content (AvgIpc) is 3.42. The van der Waals surface area contributed by atoms with Crippen molar-refractivity contribution in [3.63, 3.8) is 0 Å². The van der Waals surface area contributed by atoms with Crippen LogP contribution in [-0.2, 0) is 16.1 Å². The summed E-state index contributed by atoms with van der Waals surface area (Å²) in [6.45, 7) is 0.429. The van der Waals surface area contributed by atoms with E-state index < -0.39 is 18.0 Å². The molecule has 2 heterocycles. The monoisotopic (exact) mass is 429 g/mol. The average molecular weight is 430 g/mol. The van der Waals surface area contributed by atoms with Crippen LogP contribution in [0.25, 0.3) is 0 Å². The summed E-state index contributed by atoms with van der Waals surface area (Å²) in [4.78, 5) is 25.7. The van der Waals surface area contributed by atoms with E-state index in [0.29, 0.717) is 27.0 Å². The molecule has 4 rings (SSSR count). The fraction of sp³-hybridized carbons (Fsp3) is 0.143. The quantitative estimate of drug-likeness (QED) is 0.590. The molecule has 0 spiro atoms. The molecule has 6 nitrogen and oxygen atoms in total. The minimum atomic E-state index is -1.10. The number of esters is 1. The van der Waals surface area contributed by atoms with Crippen molar-refractivity contribution in [2.45, 2.75) is 12.6 Å². The van der Waals surface area contributed by atoms with E-state index in [9.17, 15) is 9.59 Å². The Bertz CT molecular complexity index is 1020. The van der Waals surface area contributed by atoms with Gasteiger partial charge in [-0.25, -0.2) is 4.79 Å². The molecule has 1 atom stereocenters. The molecular weight excluding hydrogens is 414 g/mol. The van der Waals surface area contributed by atoms with E-state index in [1.165, 1.54) is 11.3 Å². The van der Waals surface area contributed by atoms with Crippen molar-refractivity contribution in [1.82, 2.24) is 5.32 Å². The molecule has 1 aliphatic heterocycles. The molecule has 0 aliphatic carbocycles. The zero-order valence-electron chi connectivity index (χ0n) is 15.1. The van der Waals surface area contributed by atoms with Gasteiger partial charge in [0.15, 0.2) is 11.5 Å². The van der Waals surface area contributed by atoms with Crippen LogP contribution in [0.1, 0.15) is 26.9 Å². The van der Waals surface area contributed by atoms with Crippen LogP contribution in [0, 0.1) is 0 Å². The van der Waals surface area contributed by atoms with Crippen LogP contribution < -0.4 is 14.8 Å². The highest BCUT2D eigenvalue weighted by atomic mass is 35.5. The maximum absolute atomic E-state index is 12.9. The number of hydrogen-bond acceptors (Lipinski definition) is 6. The van der Waals surface area contributed by atoms with Gasteiger partial charge < -0.3 is 19.5 Å². The minimum Gasteiger partial charge on any atom is -0.454 e. The summed E-state index contributed by atoms with van der Waals surface area (Å²) in [6.07, 6.45) is -1.10. The number of ether oxygens (including phenoxy) is 3. The SMILES string of the molecule is O=C(OC(C(=O)NCc1ccc2c(c1)OCO2)c1ccc(Cl)cc1)c1cccs1. The normalized spacial score (nSPS) is 13.0. The number of hydrogen-bond donors (Lipinski definition) is 1. The second-order valence-electron chi connectivity index (χ2n) is 6.22. The first kappa shape index (κ1) is 19.3. The highest BCUT2D eigenvalue weighted by Gasteiger charge is 2.26. The van der Waals surface area contributed by atoms with Gasteiger partial charge in [0.05, 0.1) is 0 Å². The number of benzene rings is 2. The summed E-state index contributed by atoms with van der Waals surface area (Å²) in [5.74, 6) is 0.312. The number of amides is 1. The van der Waals surface area contributed by atoms with Crippen LogP contribution in [0.3, 0.4) is 0 Å². The fourth-order valence-corrected chi connectivity index (χ4v) is 3.53. The molecule has 1 amide bonds. The molecule has 0 saturated carbocycles.